The van der Waals surface area contributed by atoms with Crippen LogP contribution < -0.4 is 5.73 Å². The molecule has 2 aromatic rings. The molecule has 6 nitrogen and oxygen atoms in total. The largest absolute Gasteiger partial charge is 0.331 e. The molecule has 2 aliphatic heterocycles. The number of nitrogens with two attached hydrogens (primary N) is 1. The Hall–Kier alpha value is -1.99. The van der Waals surface area contributed by atoms with Crippen molar-refractivity contribution in [3.63, 3.8) is 0 Å². The minimum Gasteiger partial charge on any atom is -0.331 e. The molecule has 2 fully saturated rings. The average Bonchev–Trinajstić information content (AvgIpc) is 3.19. The fourth-order valence-electron chi connectivity index (χ4n) is 4.47. The summed E-state index contributed by atoms with van der Waals surface area (Å²) in [7, 11) is 0. The molecule has 0 aliphatic carbocycles. The van der Waals surface area contributed by atoms with E-state index in [0.717, 1.165) is 25.7 Å². The topological polar surface area (TPSA) is 77.0 Å². The summed E-state index contributed by atoms with van der Waals surface area (Å²) in [5.41, 5.74) is 7.79. The summed E-state index contributed by atoms with van der Waals surface area (Å²) in [6.07, 6.45) is 5.56. The van der Waals surface area contributed by atoms with Crippen LogP contribution in [0.25, 0.3) is 0 Å². The van der Waals surface area contributed by atoms with Crippen LogP contribution in [-0.2, 0) is 6.54 Å². The maximum atomic E-state index is 13.6. The maximum absolute atomic E-state index is 13.6. The van der Waals surface area contributed by atoms with Crippen LogP contribution >= 0.6 is 12.4 Å². The van der Waals surface area contributed by atoms with Crippen LogP contribution in [0.3, 0.4) is 0 Å². The number of carbonyl (C=O) groups excluding carboxylic acids is 1. The number of fused-ring (bicyclic) bond motifs is 2. The molecule has 4 rings (SSSR count). The smallest absolute Gasteiger partial charge is 0.276 e. The van der Waals surface area contributed by atoms with Gasteiger partial charge in [0.15, 0.2) is 5.69 Å². The molecule has 2 bridgehead atoms. The van der Waals surface area contributed by atoms with Crippen molar-refractivity contribution in [3.8, 4) is 0 Å². The fraction of sp³-hybridized carbons (Fsp3) is 0.526. The minimum atomic E-state index is -0.162. The molecule has 1 aromatic heterocycles. The van der Waals surface area contributed by atoms with Crippen molar-refractivity contribution < 1.29 is 9.18 Å². The molecule has 0 radical (unpaired) electrons. The third kappa shape index (κ3) is 3.71. The molecule has 3 heterocycles. The van der Waals surface area contributed by atoms with Crippen LogP contribution in [0.4, 0.5) is 4.39 Å². The van der Waals surface area contributed by atoms with Crippen LogP contribution in [0.2, 0.25) is 0 Å². The zero-order valence-corrected chi connectivity index (χ0v) is 16.2. The van der Waals surface area contributed by atoms with Gasteiger partial charge in [-0.2, -0.15) is 0 Å². The van der Waals surface area contributed by atoms with Gasteiger partial charge in [-0.25, -0.2) is 4.39 Å². The number of rotatable bonds is 4. The molecule has 8 heteroatoms. The van der Waals surface area contributed by atoms with E-state index in [2.05, 4.69) is 10.3 Å². The molecular weight excluding hydrogens is 369 g/mol. The first-order chi connectivity index (χ1) is 12.6. The zero-order chi connectivity index (χ0) is 18.3. The van der Waals surface area contributed by atoms with Crippen LogP contribution in [0.1, 0.15) is 53.2 Å². The quantitative estimate of drug-likeness (QED) is 0.866. The molecule has 1 aromatic carbocycles. The van der Waals surface area contributed by atoms with Gasteiger partial charge >= 0.3 is 0 Å². The van der Waals surface area contributed by atoms with Crippen LogP contribution in [0, 0.1) is 12.7 Å². The van der Waals surface area contributed by atoms with Crippen molar-refractivity contribution in [2.45, 2.75) is 57.2 Å². The third-order valence-corrected chi connectivity index (χ3v) is 5.74. The second-order valence-electron chi connectivity index (χ2n) is 7.43. The highest BCUT2D eigenvalue weighted by molar-refractivity contribution is 5.92. The molecule has 2 saturated heterocycles. The second kappa shape index (κ2) is 7.94. The summed E-state index contributed by atoms with van der Waals surface area (Å²) >= 11 is 0. The molecule has 0 spiro atoms. The van der Waals surface area contributed by atoms with E-state index < -0.39 is 0 Å². The highest BCUT2D eigenvalue weighted by Crippen LogP contribution is 2.43. The normalized spacial score (nSPS) is 24.0. The zero-order valence-electron chi connectivity index (χ0n) is 15.3. The Morgan fingerprint density at radius 1 is 1.30 bits per heavy atom. The van der Waals surface area contributed by atoms with Gasteiger partial charge < -0.3 is 10.6 Å². The van der Waals surface area contributed by atoms with E-state index >= 15 is 0 Å². The lowest BCUT2D eigenvalue weighted by atomic mass is 9.84. The Morgan fingerprint density at radius 2 is 2.00 bits per heavy atom. The Morgan fingerprint density at radius 3 is 2.63 bits per heavy atom. The summed E-state index contributed by atoms with van der Waals surface area (Å²) in [6, 6.07) is 5.84. The average molecular weight is 394 g/mol. The van der Waals surface area contributed by atoms with Gasteiger partial charge in [-0.15, -0.1) is 17.5 Å². The predicted octanol–water partition coefficient (Wildman–Crippen LogP) is 2.66. The van der Waals surface area contributed by atoms with Gasteiger partial charge in [0.1, 0.15) is 5.82 Å². The van der Waals surface area contributed by atoms with Gasteiger partial charge in [-0.05, 0) is 55.7 Å². The molecule has 2 N–H and O–H groups in total. The van der Waals surface area contributed by atoms with Crippen molar-refractivity contribution in [2.24, 2.45) is 5.73 Å². The van der Waals surface area contributed by atoms with Gasteiger partial charge in [0.25, 0.3) is 5.91 Å². The first-order valence-electron chi connectivity index (χ1n) is 9.25. The van der Waals surface area contributed by atoms with E-state index in [0.29, 0.717) is 30.3 Å². The highest BCUT2D eigenvalue weighted by Gasteiger charge is 2.44. The van der Waals surface area contributed by atoms with Gasteiger partial charge in [0, 0.05) is 18.6 Å². The van der Waals surface area contributed by atoms with Gasteiger partial charge in [0.05, 0.1) is 12.7 Å². The van der Waals surface area contributed by atoms with E-state index in [-0.39, 0.29) is 36.2 Å². The summed E-state index contributed by atoms with van der Waals surface area (Å²) in [4.78, 5) is 15.0. The van der Waals surface area contributed by atoms with Crippen LogP contribution in [0.15, 0.2) is 24.4 Å². The van der Waals surface area contributed by atoms with E-state index in [1.54, 1.807) is 23.9 Å². The molecule has 27 heavy (non-hydrogen) atoms. The van der Waals surface area contributed by atoms with E-state index in [1.165, 1.54) is 5.56 Å². The molecular formula is C19H25ClFN5O. The molecule has 2 aliphatic rings. The molecule has 146 valence electrons. The third-order valence-electron chi connectivity index (χ3n) is 5.74. The maximum Gasteiger partial charge on any atom is 0.276 e. The second-order valence-corrected chi connectivity index (χ2v) is 7.43. The Kier molecular flexibility index (Phi) is 5.81. The minimum absolute atomic E-state index is 0. The van der Waals surface area contributed by atoms with Crippen molar-refractivity contribution in [1.82, 2.24) is 19.9 Å². The summed E-state index contributed by atoms with van der Waals surface area (Å²) in [5.74, 6) is 0.184. The first-order valence-corrected chi connectivity index (χ1v) is 9.25. The van der Waals surface area contributed by atoms with Crippen molar-refractivity contribution in [2.75, 3.05) is 6.54 Å². The summed E-state index contributed by atoms with van der Waals surface area (Å²) < 4.78 is 15.2. The molecule has 0 saturated carbocycles. The fourth-order valence-corrected chi connectivity index (χ4v) is 4.47. The number of aryl methyl sites for hydroxylation is 1. The Balaban J connectivity index is 0.00000210. The number of hydrogen-bond acceptors (Lipinski definition) is 4. The standard InChI is InChI=1S/C19H24FN5O.ClH/c1-12-8-13(2-5-17(12)20)14-9-15-3-4-16(10-14)25(15)19(26)18-11-24(7-6-21)23-22-18;/h2,5,8,11,14-16H,3-4,6-7,9-10,21H2,1H3;1H/t14?,15-,16+;. The monoisotopic (exact) mass is 393 g/mol. The van der Waals surface area contributed by atoms with Gasteiger partial charge in [0.2, 0.25) is 0 Å². The number of carbonyl (C=O) groups is 1. The predicted molar refractivity (Wildman–Crippen MR) is 102 cm³/mol. The molecule has 3 atom stereocenters. The van der Waals surface area contributed by atoms with E-state index in [1.807, 2.05) is 17.0 Å². The van der Waals surface area contributed by atoms with Crippen LogP contribution in [-0.4, -0.2) is 44.4 Å². The summed E-state index contributed by atoms with van der Waals surface area (Å²) in [5, 5.41) is 8.01. The lowest BCUT2D eigenvalue weighted by molar-refractivity contribution is 0.0565. The van der Waals surface area contributed by atoms with Crippen molar-refractivity contribution in [3.05, 3.63) is 47.0 Å². The van der Waals surface area contributed by atoms with Crippen molar-refractivity contribution in [1.29, 1.82) is 0 Å². The van der Waals surface area contributed by atoms with Crippen molar-refractivity contribution >= 4 is 18.3 Å². The first kappa shape index (κ1) is 19.8. The molecule has 1 amide bonds. The Bertz CT molecular complexity index is 812. The van der Waals surface area contributed by atoms with Gasteiger partial charge in [-0.1, -0.05) is 17.3 Å². The lowest BCUT2D eigenvalue weighted by Crippen LogP contribution is -2.46. The number of hydrogen-bond donors (Lipinski definition) is 1. The number of piperidine rings is 1. The van der Waals surface area contributed by atoms with Crippen LogP contribution in [0.5, 0.6) is 0 Å². The number of aromatic nitrogens is 3. The SMILES string of the molecule is Cc1cc(C2C[C@H]3CC[C@@H](C2)N3C(=O)c2cn(CCN)nn2)ccc1F.Cl. The number of amides is 1. The number of halogens is 2. The Labute approximate surface area is 164 Å². The number of benzene rings is 1. The lowest BCUT2D eigenvalue weighted by Gasteiger charge is -2.39. The van der Waals surface area contributed by atoms with E-state index in [4.69, 9.17) is 5.73 Å². The van der Waals surface area contributed by atoms with Gasteiger partial charge in [-0.3, -0.25) is 9.48 Å². The molecule has 1 unspecified atom stereocenters. The number of nitrogens with zero attached hydrogens (tertiary/aromatic N) is 4. The highest BCUT2D eigenvalue weighted by atomic mass is 35.5. The summed E-state index contributed by atoms with van der Waals surface area (Å²) in [6.45, 7) is 2.82. The van der Waals surface area contributed by atoms with E-state index in [9.17, 15) is 9.18 Å².